The first-order valence-corrected chi connectivity index (χ1v) is 6.75. The first kappa shape index (κ1) is 10.1. The molecule has 1 aromatic heterocycles. The van der Waals surface area contributed by atoms with Gasteiger partial charge in [0.1, 0.15) is 0 Å². The number of fused-ring (bicyclic) bond motifs is 1. The Morgan fingerprint density at radius 2 is 2.25 bits per heavy atom. The summed E-state index contributed by atoms with van der Waals surface area (Å²) in [5.41, 5.74) is 1.30. The third-order valence-corrected chi connectivity index (χ3v) is 4.10. The summed E-state index contributed by atoms with van der Waals surface area (Å²) in [5.74, 6) is 0. The van der Waals surface area contributed by atoms with Gasteiger partial charge in [-0.2, -0.15) is 0 Å². The molecular formula is C13H16N2S. The second kappa shape index (κ2) is 4.44. The molecule has 3 heteroatoms. The molecule has 1 unspecified atom stereocenters. The Labute approximate surface area is 99.7 Å². The van der Waals surface area contributed by atoms with E-state index in [9.17, 15) is 0 Å². The number of rotatable bonds is 2. The predicted octanol–water partition coefficient (Wildman–Crippen LogP) is 3.07. The van der Waals surface area contributed by atoms with Crippen LogP contribution in [0, 0.1) is 0 Å². The topological polar surface area (TPSA) is 24.1 Å². The fourth-order valence-electron chi connectivity index (χ4n) is 2.28. The van der Waals surface area contributed by atoms with Crippen molar-refractivity contribution in [1.82, 2.24) is 5.32 Å². The minimum absolute atomic E-state index is 0.590. The van der Waals surface area contributed by atoms with Gasteiger partial charge in [-0.15, -0.1) is 11.3 Å². The SMILES string of the molecule is c1ccc2c(NC3CCCNC3)csc2c1. The van der Waals surface area contributed by atoms with E-state index in [1.54, 1.807) is 0 Å². The van der Waals surface area contributed by atoms with E-state index >= 15 is 0 Å². The minimum Gasteiger partial charge on any atom is -0.380 e. The summed E-state index contributed by atoms with van der Waals surface area (Å²) >= 11 is 1.82. The maximum absolute atomic E-state index is 3.65. The lowest BCUT2D eigenvalue weighted by molar-refractivity contribution is 0.480. The number of piperidine rings is 1. The van der Waals surface area contributed by atoms with Crippen molar-refractivity contribution in [1.29, 1.82) is 0 Å². The molecule has 1 atom stereocenters. The van der Waals surface area contributed by atoms with Gasteiger partial charge in [-0.05, 0) is 25.5 Å². The fraction of sp³-hybridized carbons (Fsp3) is 0.385. The number of nitrogens with one attached hydrogen (secondary N) is 2. The van der Waals surface area contributed by atoms with Crippen molar-refractivity contribution in [3.63, 3.8) is 0 Å². The quantitative estimate of drug-likeness (QED) is 0.831. The van der Waals surface area contributed by atoms with Crippen molar-refractivity contribution >= 4 is 27.1 Å². The van der Waals surface area contributed by atoms with Gasteiger partial charge in [-0.3, -0.25) is 0 Å². The van der Waals surface area contributed by atoms with Gasteiger partial charge in [-0.25, -0.2) is 0 Å². The Morgan fingerprint density at radius 3 is 3.12 bits per heavy atom. The Balaban J connectivity index is 1.83. The van der Waals surface area contributed by atoms with Crippen LogP contribution in [0.4, 0.5) is 5.69 Å². The lowest BCUT2D eigenvalue weighted by Gasteiger charge is -2.24. The van der Waals surface area contributed by atoms with Gasteiger partial charge in [0.15, 0.2) is 0 Å². The molecule has 1 saturated heterocycles. The molecule has 1 fully saturated rings. The summed E-state index contributed by atoms with van der Waals surface area (Å²) in [7, 11) is 0. The monoisotopic (exact) mass is 232 g/mol. The van der Waals surface area contributed by atoms with E-state index in [0.29, 0.717) is 6.04 Å². The van der Waals surface area contributed by atoms with E-state index in [2.05, 4.69) is 40.3 Å². The number of hydrogen-bond donors (Lipinski definition) is 2. The Bertz CT molecular complexity index is 471. The molecule has 2 heterocycles. The maximum atomic E-state index is 3.65. The highest BCUT2D eigenvalue weighted by molar-refractivity contribution is 7.17. The van der Waals surface area contributed by atoms with Crippen molar-refractivity contribution in [2.24, 2.45) is 0 Å². The third kappa shape index (κ3) is 1.93. The lowest BCUT2D eigenvalue weighted by Crippen LogP contribution is -2.38. The van der Waals surface area contributed by atoms with Gasteiger partial charge in [0.2, 0.25) is 0 Å². The van der Waals surface area contributed by atoms with Gasteiger partial charge in [0.25, 0.3) is 0 Å². The Kier molecular flexibility index (Phi) is 2.80. The highest BCUT2D eigenvalue weighted by atomic mass is 32.1. The molecule has 2 nitrogen and oxygen atoms in total. The molecule has 0 bridgehead atoms. The average Bonchev–Trinajstić information content (AvgIpc) is 2.74. The van der Waals surface area contributed by atoms with E-state index in [-0.39, 0.29) is 0 Å². The van der Waals surface area contributed by atoms with E-state index in [0.717, 1.165) is 6.54 Å². The molecule has 2 N–H and O–H groups in total. The molecule has 1 aliphatic heterocycles. The first-order chi connectivity index (χ1) is 7.93. The van der Waals surface area contributed by atoms with Gasteiger partial charge in [0, 0.05) is 28.1 Å². The van der Waals surface area contributed by atoms with Crippen LogP contribution in [0.1, 0.15) is 12.8 Å². The smallest absolute Gasteiger partial charge is 0.0531 e. The second-order valence-corrected chi connectivity index (χ2v) is 5.24. The van der Waals surface area contributed by atoms with Crippen LogP contribution in [0.5, 0.6) is 0 Å². The third-order valence-electron chi connectivity index (χ3n) is 3.14. The van der Waals surface area contributed by atoms with E-state index in [1.165, 1.54) is 35.2 Å². The van der Waals surface area contributed by atoms with Crippen LogP contribution in [0.3, 0.4) is 0 Å². The molecule has 3 rings (SSSR count). The molecule has 1 aliphatic rings. The van der Waals surface area contributed by atoms with Crippen LogP contribution in [0.15, 0.2) is 29.6 Å². The molecule has 0 aliphatic carbocycles. The van der Waals surface area contributed by atoms with Crippen LogP contribution in [0.25, 0.3) is 10.1 Å². The summed E-state index contributed by atoms with van der Waals surface area (Å²) in [4.78, 5) is 0. The lowest BCUT2D eigenvalue weighted by atomic mass is 10.1. The standard InChI is InChI=1S/C13H16N2S/c1-2-6-13-11(5-1)12(9-16-13)15-10-4-3-7-14-8-10/h1-2,5-6,9-10,14-15H,3-4,7-8H2. The van der Waals surface area contributed by atoms with Crippen molar-refractivity contribution in [3.05, 3.63) is 29.6 Å². The zero-order valence-electron chi connectivity index (χ0n) is 9.20. The van der Waals surface area contributed by atoms with E-state index < -0.39 is 0 Å². The zero-order chi connectivity index (χ0) is 10.8. The van der Waals surface area contributed by atoms with Crippen LogP contribution in [-0.2, 0) is 0 Å². The van der Waals surface area contributed by atoms with E-state index in [1.807, 2.05) is 11.3 Å². The number of thiophene rings is 1. The molecule has 2 aromatic rings. The Morgan fingerprint density at radius 1 is 1.31 bits per heavy atom. The molecule has 1 aromatic carbocycles. The Hall–Kier alpha value is -1.06. The molecule has 0 spiro atoms. The van der Waals surface area contributed by atoms with Gasteiger partial charge < -0.3 is 10.6 Å². The summed E-state index contributed by atoms with van der Waals surface area (Å²) < 4.78 is 1.37. The van der Waals surface area contributed by atoms with Crippen LogP contribution in [0.2, 0.25) is 0 Å². The highest BCUT2D eigenvalue weighted by Gasteiger charge is 2.13. The largest absolute Gasteiger partial charge is 0.380 e. The molecular weight excluding hydrogens is 216 g/mol. The molecule has 0 amide bonds. The van der Waals surface area contributed by atoms with Crippen LogP contribution in [-0.4, -0.2) is 19.1 Å². The number of anilines is 1. The van der Waals surface area contributed by atoms with Gasteiger partial charge >= 0.3 is 0 Å². The van der Waals surface area contributed by atoms with Crippen molar-refractivity contribution in [2.75, 3.05) is 18.4 Å². The highest BCUT2D eigenvalue weighted by Crippen LogP contribution is 2.30. The van der Waals surface area contributed by atoms with Crippen molar-refractivity contribution < 1.29 is 0 Å². The van der Waals surface area contributed by atoms with E-state index in [4.69, 9.17) is 0 Å². The van der Waals surface area contributed by atoms with Crippen molar-refractivity contribution in [2.45, 2.75) is 18.9 Å². The fourth-order valence-corrected chi connectivity index (χ4v) is 3.19. The summed E-state index contributed by atoms with van der Waals surface area (Å²) in [6.45, 7) is 2.26. The molecule has 0 radical (unpaired) electrons. The summed E-state index contributed by atoms with van der Waals surface area (Å²) in [6.07, 6.45) is 2.55. The average molecular weight is 232 g/mol. The number of benzene rings is 1. The normalized spacial score (nSPS) is 21.1. The second-order valence-electron chi connectivity index (χ2n) is 4.33. The van der Waals surface area contributed by atoms with Gasteiger partial charge in [0.05, 0.1) is 5.69 Å². The maximum Gasteiger partial charge on any atom is 0.0531 e. The minimum atomic E-state index is 0.590. The summed E-state index contributed by atoms with van der Waals surface area (Å²) in [6, 6.07) is 9.19. The van der Waals surface area contributed by atoms with Gasteiger partial charge in [-0.1, -0.05) is 18.2 Å². The number of hydrogen-bond acceptors (Lipinski definition) is 3. The zero-order valence-corrected chi connectivity index (χ0v) is 10.0. The van der Waals surface area contributed by atoms with Crippen LogP contribution < -0.4 is 10.6 Å². The van der Waals surface area contributed by atoms with Crippen molar-refractivity contribution in [3.8, 4) is 0 Å². The first-order valence-electron chi connectivity index (χ1n) is 5.87. The van der Waals surface area contributed by atoms with Crippen LogP contribution >= 0.6 is 11.3 Å². The predicted molar refractivity (Wildman–Crippen MR) is 71.3 cm³/mol. The summed E-state index contributed by atoms with van der Waals surface area (Å²) in [5, 5.41) is 10.7. The molecule has 0 saturated carbocycles. The molecule has 16 heavy (non-hydrogen) atoms. The molecule has 84 valence electrons.